The van der Waals surface area contributed by atoms with Crippen molar-refractivity contribution in [2.45, 2.75) is 13.5 Å². The van der Waals surface area contributed by atoms with Crippen molar-refractivity contribution in [3.8, 4) is 0 Å². The molecule has 3 N–H and O–H groups in total. The Hall–Kier alpha value is -2.63. The lowest BCUT2D eigenvalue weighted by molar-refractivity contribution is -0.385. The van der Waals surface area contributed by atoms with Crippen LogP contribution in [0.4, 0.5) is 17.2 Å². The van der Waals surface area contributed by atoms with Gasteiger partial charge in [-0.3, -0.25) is 10.1 Å². The lowest BCUT2D eigenvalue weighted by atomic mass is 10.1. The van der Waals surface area contributed by atoms with E-state index >= 15 is 0 Å². The first kappa shape index (κ1) is 12.8. The number of nitrogen functional groups attached to an aromatic ring is 1. The molecular formula is C13H14N4O2. The minimum atomic E-state index is -0.372. The molecule has 2 aromatic rings. The number of rotatable bonds is 4. The van der Waals surface area contributed by atoms with E-state index in [1.165, 1.54) is 6.07 Å². The first-order valence-corrected chi connectivity index (χ1v) is 5.76. The van der Waals surface area contributed by atoms with E-state index in [1.54, 1.807) is 31.3 Å². The number of nitrogens with one attached hydrogen (secondary N) is 1. The van der Waals surface area contributed by atoms with E-state index in [4.69, 9.17) is 5.73 Å². The van der Waals surface area contributed by atoms with E-state index in [0.717, 1.165) is 11.3 Å². The van der Waals surface area contributed by atoms with Crippen molar-refractivity contribution < 1.29 is 4.92 Å². The number of aromatic nitrogens is 1. The normalized spacial score (nSPS) is 10.2. The van der Waals surface area contributed by atoms with Crippen LogP contribution in [-0.4, -0.2) is 9.91 Å². The Morgan fingerprint density at radius 1 is 1.42 bits per heavy atom. The van der Waals surface area contributed by atoms with Crippen LogP contribution in [0.3, 0.4) is 0 Å². The van der Waals surface area contributed by atoms with Crippen LogP contribution in [0, 0.1) is 17.0 Å². The number of benzene rings is 1. The molecule has 1 aromatic heterocycles. The number of hydrogen-bond acceptors (Lipinski definition) is 5. The highest BCUT2D eigenvalue weighted by Crippen LogP contribution is 2.22. The summed E-state index contributed by atoms with van der Waals surface area (Å²) >= 11 is 0. The average molecular weight is 258 g/mol. The molecule has 0 aliphatic heterocycles. The van der Waals surface area contributed by atoms with Gasteiger partial charge in [0.2, 0.25) is 0 Å². The topological polar surface area (TPSA) is 94.1 Å². The molecule has 19 heavy (non-hydrogen) atoms. The third-order valence-corrected chi connectivity index (χ3v) is 2.88. The molecule has 0 fully saturated rings. The van der Waals surface area contributed by atoms with Crippen molar-refractivity contribution >= 4 is 17.2 Å². The summed E-state index contributed by atoms with van der Waals surface area (Å²) in [6.45, 7) is 2.24. The molecule has 0 spiro atoms. The van der Waals surface area contributed by atoms with Gasteiger partial charge in [-0.05, 0) is 18.6 Å². The molecule has 0 saturated heterocycles. The zero-order valence-corrected chi connectivity index (χ0v) is 10.5. The third kappa shape index (κ3) is 2.98. The van der Waals surface area contributed by atoms with Gasteiger partial charge in [0.05, 0.1) is 4.92 Å². The standard InChI is InChI=1S/C13H14N4O2/c1-9-10(3-2-4-12(9)17(18)19)8-16-11-5-6-15-13(14)7-11/h2-7H,8H2,1H3,(H3,14,15,16). The number of hydrogen-bond donors (Lipinski definition) is 2. The van der Waals surface area contributed by atoms with E-state index in [9.17, 15) is 10.1 Å². The fourth-order valence-electron chi connectivity index (χ4n) is 1.81. The predicted molar refractivity (Wildman–Crippen MR) is 73.8 cm³/mol. The molecular weight excluding hydrogens is 244 g/mol. The van der Waals surface area contributed by atoms with Crippen LogP contribution < -0.4 is 11.1 Å². The van der Waals surface area contributed by atoms with Crippen molar-refractivity contribution in [2.24, 2.45) is 0 Å². The summed E-state index contributed by atoms with van der Waals surface area (Å²) in [5.74, 6) is 0.431. The molecule has 0 radical (unpaired) electrons. The smallest absolute Gasteiger partial charge is 0.272 e. The summed E-state index contributed by atoms with van der Waals surface area (Å²) in [5.41, 5.74) is 8.09. The second-order valence-corrected chi connectivity index (χ2v) is 4.14. The van der Waals surface area contributed by atoms with Crippen LogP contribution in [0.25, 0.3) is 0 Å². The fourth-order valence-corrected chi connectivity index (χ4v) is 1.81. The minimum Gasteiger partial charge on any atom is -0.384 e. The molecule has 0 unspecified atom stereocenters. The van der Waals surface area contributed by atoms with Crippen LogP contribution in [0.15, 0.2) is 36.5 Å². The van der Waals surface area contributed by atoms with Crippen LogP contribution in [0.5, 0.6) is 0 Å². The number of nitro benzene ring substituents is 1. The zero-order chi connectivity index (χ0) is 13.8. The molecule has 6 nitrogen and oxygen atoms in total. The molecule has 6 heteroatoms. The molecule has 2 rings (SSSR count). The first-order valence-electron chi connectivity index (χ1n) is 5.76. The van der Waals surface area contributed by atoms with Gasteiger partial charge in [-0.15, -0.1) is 0 Å². The summed E-state index contributed by atoms with van der Waals surface area (Å²) in [5, 5.41) is 14.0. The molecule has 1 aromatic carbocycles. The Kier molecular flexibility index (Phi) is 3.61. The Labute approximate surface area is 110 Å². The molecule has 0 amide bonds. The summed E-state index contributed by atoms with van der Waals surface area (Å²) in [6, 6.07) is 8.56. The van der Waals surface area contributed by atoms with E-state index in [2.05, 4.69) is 10.3 Å². The van der Waals surface area contributed by atoms with Crippen molar-refractivity contribution in [1.29, 1.82) is 0 Å². The van der Waals surface area contributed by atoms with Crippen LogP contribution in [0.1, 0.15) is 11.1 Å². The number of pyridine rings is 1. The fraction of sp³-hybridized carbons (Fsp3) is 0.154. The molecule has 0 aliphatic rings. The van der Waals surface area contributed by atoms with Crippen LogP contribution >= 0.6 is 0 Å². The van der Waals surface area contributed by atoms with Gasteiger partial charge < -0.3 is 11.1 Å². The van der Waals surface area contributed by atoms with Gasteiger partial charge in [-0.2, -0.15) is 0 Å². The van der Waals surface area contributed by atoms with E-state index < -0.39 is 0 Å². The maximum Gasteiger partial charge on any atom is 0.272 e. The molecule has 0 bridgehead atoms. The second kappa shape index (κ2) is 5.34. The van der Waals surface area contributed by atoms with E-state index in [1.807, 2.05) is 6.07 Å². The predicted octanol–water partition coefficient (Wildman–Crippen LogP) is 2.49. The summed E-state index contributed by atoms with van der Waals surface area (Å²) in [7, 11) is 0. The maximum atomic E-state index is 10.9. The second-order valence-electron chi connectivity index (χ2n) is 4.14. The van der Waals surface area contributed by atoms with Crippen molar-refractivity contribution in [1.82, 2.24) is 4.98 Å². The number of nitrogens with two attached hydrogens (primary N) is 1. The van der Waals surface area contributed by atoms with Gasteiger partial charge >= 0.3 is 0 Å². The molecule has 0 atom stereocenters. The highest BCUT2D eigenvalue weighted by molar-refractivity contribution is 5.51. The summed E-state index contributed by atoms with van der Waals surface area (Å²) in [4.78, 5) is 14.4. The maximum absolute atomic E-state index is 10.9. The highest BCUT2D eigenvalue weighted by atomic mass is 16.6. The van der Waals surface area contributed by atoms with Crippen LogP contribution in [-0.2, 0) is 6.54 Å². The Balaban J connectivity index is 2.16. The van der Waals surface area contributed by atoms with Gasteiger partial charge in [-0.1, -0.05) is 12.1 Å². The number of nitro groups is 1. The Morgan fingerprint density at radius 2 is 2.21 bits per heavy atom. The number of nitrogens with zero attached hydrogens (tertiary/aromatic N) is 2. The monoisotopic (exact) mass is 258 g/mol. The molecule has 0 aliphatic carbocycles. The zero-order valence-electron chi connectivity index (χ0n) is 10.5. The van der Waals surface area contributed by atoms with Gasteiger partial charge in [0.25, 0.3) is 5.69 Å². The van der Waals surface area contributed by atoms with Crippen molar-refractivity contribution in [2.75, 3.05) is 11.1 Å². The SMILES string of the molecule is Cc1c(CNc2ccnc(N)c2)cccc1[N+](=O)[O-]. The molecule has 0 saturated carbocycles. The Morgan fingerprint density at radius 3 is 2.89 bits per heavy atom. The lowest BCUT2D eigenvalue weighted by Gasteiger charge is -2.09. The minimum absolute atomic E-state index is 0.133. The third-order valence-electron chi connectivity index (χ3n) is 2.88. The highest BCUT2D eigenvalue weighted by Gasteiger charge is 2.12. The van der Waals surface area contributed by atoms with Crippen molar-refractivity contribution in [3.05, 3.63) is 57.8 Å². The number of anilines is 2. The Bertz CT molecular complexity index is 613. The average Bonchev–Trinajstić information content (AvgIpc) is 2.37. The van der Waals surface area contributed by atoms with E-state index in [0.29, 0.717) is 17.9 Å². The summed E-state index contributed by atoms with van der Waals surface area (Å²) in [6.07, 6.45) is 1.61. The van der Waals surface area contributed by atoms with Gasteiger partial charge in [-0.25, -0.2) is 4.98 Å². The van der Waals surface area contributed by atoms with Gasteiger partial charge in [0, 0.05) is 36.1 Å². The lowest BCUT2D eigenvalue weighted by Crippen LogP contribution is -2.04. The first-order chi connectivity index (χ1) is 9.08. The largest absolute Gasteiger partial charge is 0.384 e. The van der Waals surface area contributed by atoms with Crippen LogP contribution in [0.2, 0.25) is 0 Å². The van der Waals surface area contributed by atoms with Gasteiger partial charge in [0.1, 0.15) is 5.82 Å². The van der Waals surface area contributed by atoms with E-state index in [-0.39, 0.29) is 10.6 Å². The molecule has 1 heterocycles. The molecule has 98 valence electrons. The summed E-state index contributed by atoms with van der Waals surface area (Å²) < 4.78 is 0. The quantitative estimate of drug-likeness (QED) is 0.649. The van der Waals surface area contributed by atoms with Gasteiger partial charge in [0.15, 0.2) is 0 Å². The van der Waals surface area contributed by atoms with Crippen molar-refractivity contribution in [3.63, 3.8) is 0 Å².